The fourth-order valence-corrected chi connectivity index (χ4v) is 2.09. The van der Waals surface area contributed by atoms with Crippen LogP contribution in [0, 0.1) is 5.82 Å². The number of ether oxygens (including phenoxy) is 2. The molecule has 0 atom stereocenters. The molecular formula is C15H15FNO2+. The van der Waals surface area contributed by atoms with Crippen molar-refractivity contribution in [3.05, 3.63) is 59.4 Å². The van der Waals surface area contributed by atoms with Crippen LogP contribution < -0.4 is 14.8 Å². The summed E-state index contributed by atoms with van der Waals surface area (Å²) in [5.74, 6) is 1.43. The summed E-state index contributed by atoms with van der Waals surface area (Å²) < 4.78 is 23.4. The molecule has 0 aromatic heterocycles. The molecule has 0 saturated heterocycles. The van der Waals surface area contributed by atoms with Crippen molar-refractivity contribution >= 4 is 0 Å². The number of quaternary nitrogens is 1. The first-order valence-electron chi connectivity index (χ1n) is 6.26. The Morgan fingerprint density at radius 3 is 2.42 bits per heavy atom. The fraction of sp³-hybridized carbons (Fsp3) is 0.200. The predicted molar refractivity (Wildman–Crippen MR) is 68.3 cm³/mol. The van der Waals surface area contributed by atoms with Crippen molar-refractivity contribution < 1.29 is 19.2 Å². The van der Waals surface area contributed by atoms with Crippen LogP contribution in [-0.4, -0.2) is 6.79 Å². The minimum absolute atomic E-state index is 0.195. The monoisotopic (exact) mass is 260 g/mol. The smallest absolute Gasteiger partial charge is 0.231 e. The molecule has 2 aromatic carbocycles. The van der Waals surface area contributed by atoms with Crippen LogP contribution in [0.4, 0.5) is 4.39 Å². The van der Waals surface area contributed by atoms with E-state index in [2.05, 4.69) is 5.32 Å². The van der Waals surface area contributed by atoms with Gasteiger partial charge in [0.2, 0.25) is 6.79 Å². The van der Waals surface area contributed by atoms with Gasteiger partial charge in [-0.3, -0.25) is 0 Å². The number of fused-ring (bicyclic) bond motifs is 1. The van der Waals surface area contributed by atoms with Gasteiger partial charge < -0.3 is 14.8 Å². The topological polar surface area (TPSA) is 35.1 Å². The van der Waals surface area contributed by atoms with E-state index in [4.69, 9.17) is 9.47 Å². The first kappa shape index (κ1) is 12.0. The molecule has 98 valence electrons. The molecule has 0 spiro atoms. The van der Waals surface area contributed by atoms with Gasteiger partial charge in [0, 0.05) is 11.1 Å². The SMILES string of the molecule is Fc1ccc(C[NH2+]Cc2ccc3c(c2)OCO3)cc1. The van der Waals surface area contributed by atoms with Crippen LogP contribution in [0.1, 0.15) is 11.1 Å². The first-order chi connectivity index (χ1) is 9.31. The maximum Gasteiger partial charge on any atom is 0.231 e. The van der Waals surface area contributed by atoms with Gasteiger partial charge in [0.25, 0.3) is 0 Å². The third kappa shape index (κ3) is 2.85. The van der Waals surface area contributed by atoms with E-state index in [9.17, 15) is 4.39 Å². The second-order valence-electron chi connectivity index (χ2n) is 4.51. The van der Waals surface area contributed by atoms with Crippen LogP contribution in [0.5, 0.6) is 11.5 Å². The molecule has 1 heterocycles. The van der Waals surface area contributed by atoms with E-state index in [1.165, 1.54) is 17.7 Å². The highest BCUT2D eigenvalue weighted by atomic mass is 19.1. The Kier molecular flexibility index (Phi) is 3.33. The third-order valence-electron chi connectivity index (χ3n) is 3.11. The van der Waals surface area contributed by atoms with Gasteiger partial charge in [0.05, 0.1) is 0 Å². The molecule has 2 N–H and O–H groups in total. The molecule has 3 nitrogen and oxygen atoms in total. The van der Waals surface area contributed by atoms with Crippen molar-refractivity contribution in [2.24, 2.45) is 0 Å². The van der Waals surface area contributed by atoms with E-state index < -0.39 is 0 Å². The molecule has 0 fully saturated rings. The van der Waals surface area contributed by atoms with E-state index in [0.717, 1.165) is 30.2 Å². The third-order valence-corrected chi connectivity index (χ3v) is 3.11. The molecule has 0 radical (unpaired) electrons. The zero-order chi connectivity index (χ0) is 13.1. The van der Waals surface area contributed by atoms with Gasteiger partial charge in [-0.1, -0.05) is 12.1 Å². The average Bonchev–Trinajstić information content (AvgIpc) is 2.88. The van der Waals surface area contributed by atoms with Crippen molar-refractivity contribution in [1.82, 2.24) is 0 Å². The maximum absolute atomic E-state index is 12.8. The Bertz CT molecular complexity index is 569. The van der Waals surface area contributed by atoms with E-state index in [0.29, 0.717) is 6.79 Å². The number of halogens is 1. The highest BCUT2D eigenvalue weighted by Gasteiger charge is 2.13. The highest BCUT2D eigenvalue weighted by molar-refractivity contribution is 5.44. The number of hydrogen-bond donors (Lipinski definition) is 1. The molecule has 3 rings (SSSR count). The summed E-state index contributed by atoms with van der Waals surface area (Å²) in [5, 5.41) is 2.17. The summed E-state index contributed by atoms with van der Waals surface area (Å²) in [6, 6.07) is 12.6. The highest BCUT2D eigenvalue weighted by Crippen LogP contribution is 2.32. The summed E-state index contributed by atoms with van der Waals surface area (Å²) in [6.45, 7) is 1.99. The molecular weight excluding hydrogens is 245 g/mol. The van der Waals surface area contributed by atoms with Crippen LogP contribution >= 0.6 is 0 Å². The Labute approximate surface area is 111 Å². The lowest BCUT2D eigenvalue weighted by Gasteiger charge is -2.03. The number of nitrogens with two attached hydrogens (primary N) is 1. The van der Waals surface area contributed by atoms with Crippen LogP contribution in [0.25, 0.3) is 0 Å². The first-order valence-corrected chi connectivity index (χ1v) is 6.26. The lowest BCUT2D eigenvalue weighted by molar-refractivity contribution is -0.686. The van der Waals surface area contributed by atoms with Crippen LogP contribution in [0.15, 0.2) is 42.5 Å². The van der Waals surface area contributed by atoms with E-state index in [-0.39, 0.29) is 5.82 Å². The summed E-state index contributed by atoms with van der Waals surface area (Å²) >= 11 is 0. The van der Waals surface area contributed by atoms with E-state index >= 15 is 0 Å². The van der Waals surface area contributed by atoms with Gasteiger partial charge in [0.1, 0.15) is 18.9 Å². The second-order valence-corrected chi connectivity index (χ2v) is 4.51. The predicted octanol–water partition coefficient (Wildman–Crippen LogP) is 1.82. The summed E-state index contributed by atoms with van der Waals surface area (Å²) in [5.41, 5.74) is 2.30. The molecule has 2 aromatic rings. The molecule has 0 aliphatic carbocycles. The molecule has 4 heteroatoms. The second kappa shape index (κ2) is 5.28. The summed E-state index contributed by atoms with van der Waals surface area (Å²) in [6.07, 6.45) is 0. The minimum atomic E-state index is -0.195. The number of benzene rings is 2. The molecule has 1 aliphatic rings. The zero-order valence-electron chi connectivity index (χ0n) is 10.4. The van der Waals surface area contributed by atoms with Gasteiger partial charge >= 0.3 is 0 Å². The van der Waals surface area contributed by atoms with Crippen LogP contribution in [0.2, 0.25) is 0 Å². The van der Waals surface area contributed by atoms with E-state index in [1.807, 2.05) is 30.3 Å². The maximum atomic E-state index is 12.8. The Morgan fingerprint density at radius 2 is 1.58 bits per heavy atom. The van der Waals surface area contributed by atoms with E-state index in [1.54, 1.807) is 0 Å². The summed E-state index contributed by atoms with van der Waals surface area (Å²) in [4.78, 5) is 0. The molecule has 0 bridgehead atoms. The Balaban J connectivity index is 1.56. The molecule has 0 unspecified atom stereocenters. The Hall–Kier alpha value is -2.07. The average molecular weight is 260 g/mol. The minimum Gasteiger partial charge on any atom is -0.454 e. The van der Waals surface area contributed by atoms with Gasteiger partial charge in [-0.05, 0) is 30.3 Å². The van der Waals surface area contributed by atoms with Crippen molar-refractivity contribution in [2.75, 3.05) is 6.79 Å². The van der Waals surface area contributed by atoms with Gasteiger partial charge in [-0.25, -0.2) is 4.39 Å². The largest absolute Gasteiger partial charge is 0.454 e. The molecule has 1 aliphatic heterocycles. The summed E-state index contributed by atoms with van der Waals surface area (Å²) in [7, 11) is 0. The lowest BCUT2D eigenvalue weighted by atomic mass is 10.2. The quantitative estimate of drug-likeness (QED) is 0.910. The molecule has 0 amide bonds. The number of hydrogen-bond acceptors (Lipinski definition) is 2. The van der Waals surface area contributed by atoms with Crippen LogP contribution in [0.3, 0.4) is 0 Å². The molecule has 19 heavy (non-hydrogen) atoms. The van der Waals surface area contributed by atoms with Gasteiger partial charge in [-0.2, -0.15) is 0 Å². The Morgan fingerprint density at radius 1 is 0.895 bits per heavy atom. The van der Waals surface area contributed by atoms with Gasteiger partial charge in [0.15, 0.2) is 11.5 Å². The normalized spacial score (nSPS) is 12.7. The van der Waals surface area contributed by atoms with Gasteiger partial charge in [-0.15, -0.1) is 0 Å². The molecule has 0 saturated carbocycles. The fourth-order valence-electron chi connectivity index (χ4n) is 2.09. The standard InChI is InChI=1S/C15H14FNO2/c16-13-4-1-11(2-5-13)8-17-9-12-3-6-14-15(7-12)19-10-18-14/h1-7,17H,8-10H2/p+1. The van der Waals surface area contributed by atoms with Crippen molar-refractivity contribution in [1.29, 1.82) is 0 Å². The van der Waals surface area contributed by atoms with Crippen molar-refractivity contribution in [3.63, 3.8) is 0 Å². The number of rotatable bonds is 4. The zero-order valence-corrected chi connectivity index (χ0v) is 10.4. The van der Waals surface area contributed by atoms with Crippen molar-refractivity contribution in [2.45, 2.75) is 13.1 Å². The van der Waals surface area contributed by atoms with Crippen LogP contribution in [-0.2, 0) is 13.1 Å². The van der Waals surface area contributed by atoms with Crippen molar-refractivity contribution in [3.8, 4) is 11.5 Å². The lowest BCUT2D eigenvalue weighted by Crippen LogP contribution is -2.80.